The van der Waals surface area contributed by atoms with Crippen LogP contribution in [0, 0.1) is 0 Å². The van der Waals surface area contributed by atoms with Crippen LogP contribution in [-0.4, -0.2) is 6.61 Å². The fraction of sp³-hybridized carbons (Fsp3) is 0.571. The lowest BCUT2D eigenvalue weighted by molar-refractivity contribution is 0.305. The molecule has 0 unspecified atom stereocenters. The molecular weight excluding hydrogens is 184 g/mol. The van der Waals surface area contributed by atoms with E-state index in [9.17, 15) is 0 Å². The number of aryl methyl sites for hydroxylation is 1. The number of hydrogen-bond acceptors (Lipinski definition) is 1. The summed E-state index contributed by atoms with van der Waals surface area (Å²) in [6, 6.07) is 8.42. The Balaban J connectivity index is 2.20. The van der Waals surface area contributed by atoms with Crippen LogP contribution in [0.3, 0.4) is 0 Å². The Morgan fingerprint density at radius 3 is 2.27 bits per heavy atom. The number of hydrogen-bond donors (Lipinski definition) is 0. The van der Waals surface area contributed by atoms with Crippen molar-refractivity contribution in [2.24, 2.45) is 0 Å². The minimum atomic E-state index is 0.853. The summed E-state index contributed by atoms with van der Waals surface area (Å²) in [4.78, 5) is 0. The lowest BCUT2D eigenvalue weighted by Gasteiger charge is -2.06. The molecule has 0 N–H and O–H groups in total. The first-order valence-corrected chi connectivity index (χ1v) is 6.08. The number of rotatable bonds is 7. The maximum absolute atomic E-state index is 5.65. The minimum absolute atomic E-state index is 0.853. The topological polar surface area (TPSA) is 9.23 Å². The van der Waals surface area contributed by atoms with Crippen LogP contribution >= 0.6 is 0 Å². The van der Waals surface area contributed by atoms with E-state index in [-0.39, 0.29) is 0 Å². The summed E-state index contributed by atoms with van der Waals surface area (Å²) in [5.41, 5.74) is 1.37. The summed E-state index contributed by atoms with van der Waals surface area (Å²) in [7, 11) is 0. The summed E-state index contributed by atoms with van der Waals surface area (Å²) < 4.78 is 5.65. The maximum atomic E-state index is 5.65. The Labute approximate surface area is 93.5 Å². The third-order valence-electron chi connectivity index (χ3n) is 2.60. The molecule has 0 amide bonds. The van der Waals surface area contributed by atoms with Gasteiger partial charge in [-0.1, -0.05) is 45.2 Å². The molecule has 1 heteroatoms. The van der Waals surface area contributed by atoms with Crippen molar-refractivity contribution in [2.45, 2.75) is 46.0 Å². The molecule has 0 saturated carbocycles. The predicted octanol–water partition coefficient (Wildman–Crippen LogP) is 4.21. The highest BCUT2D eigenvalue weighted by Crippen LogP contribution is 2.13. The van der Waals surface area contributed by atoms with E-state index in [0.29, 0.717) is 0 Å². The van der Waals surface area contributed by atoms with Crippen LogP contribution in [0.2, 0.25) is 0 Å². The molecule has 15 heavy (non-hydrogen) atoms. The van der Waals surface area contributed by atoms with Crippen molar-refractivity contribution in [2.75, 3.05) is 6.61 Å². The quantitative estimate of drug-likeness (QED) is 0.607. The lowest BCUT2D eigenvalue weighted by Crippen LogP contribution is -1.97. The molecule has 0 heterocycles. The van der Waals surface area contributed by atoms with Crippen LogP contribution in [0.4, 0.5) is 0 Å². The molecule has 0 aliphatic carbocycles. The van der Waals surface area contributed by atoms with Crippen molar-refractivity contribution in [1.29, 1.82) is 0 Å². The summed E-state index contributed by atoms with van der Waals surface area (Å²) in [6.45, 7) is 5.25. The summed E-state index contributed by atoms with van der Waals surface area (Å²) in [6.07, 6.45) is 6.15. The highest BCUT2D eigenvalue weighted by Gasteiger charge is 1.94. The van der Waals surface area contributed by atoms with Gasteiger partial charge in [0, 0.05) is 0 Å². The van der Waals surface area contributed by atoms with Crippen molar-refractivity contribution >= 4 is 0 Å². The zero-order valence-corrected chi connectivity index (χ0v) is 9.96. The Kier molecular flexibility index (Phi) is 5.91. The molecule has 0 radical (unpaired) electrons. The Morgan fingerprint density at radius 2 is 1.67 bits per heavy atom. The first kappa shape index (κ1) is 12.1. The van der Waals surface area contributed by atoms with E-state index < -0.39 is 0 Å². The first-order valence-electron chi connectivity index (χ1n) is 6.08. The largest absolute Gasteiger partial charge is 0.494 e. The van der Waals surface area contributed by atoms with Crippen LogP contribution < -0.4 is 4.74 Å². The molecule has 0 aromatic heterocycles. The Hall–Kier alpha value is -0.980. The number of benzene rings is 1. The van der Waals surface area contributed by atoms with Gasteiger partial charge in [0.05, 0.1) is 6.61 Å². The Morgan fingerprint density at radius 1 is 0.933 bits per heavy atom. The van der Waals surface area contributed by atoms with Gasteiger partial charge in [0.2, 0.25) is 0 Å². The van der Waals surface area contributed by atoms with Gasteiger partial charge in [-0.3, -0.25) is 0 Å². The van der Waals surface area contributed by atoms with Crippen molar-refractivity contribution in [1.82, 2.24) is 0 Å². The average molecular weight is 206 g/mol. The summed E-state index contributed by atoms with van der Waals surface area (Å²) in [5.74, 6) is 1.00. The first-order chi connectivity index (χ1) is 7.36. The molecule has 84 valence electrons. The molecule has 1 aromatic carbocycles. The van der Waals surface area contributed by atoms with Crippen molar-refractivity contribution in [3.8, 4) is 5.75 Å². The molecule has 1 rings (SSSR count). The molecule has 0 fully saturated rings. The van der Waals surface area contributed by atoms with Gasteiger partial charge < -0.3 is 4.74 Å². The molecule has 1 nitrogen and oxygen atoms in total. The average Bonchev–Trinajstić information content (AvgIpc) is 2.30. The molecule has 0 spiro atoms. The smallest absolute Gasteiger partial charge is 0.119 e. The second kappa shape index (κ2) is 7.33. The number of ether oxygens (including phenoxy) is 1. The van der Waals surface area contributed by atoms with Crippen LogP contribution in [0.25, 0.3) is 0 Å². The van der Waals surface area contributed by atoms with E-state index in [1.54, 1.807) is 0 Å². The van der Waals surface area contributed by atoms with Crippen LogP contribution in [0.15, 0.2) is 24.3 Å². The number of unbranched alkanes of at least 4 members (excludes halogenated alkanes) is 3. The van der Waals surface area contributed by atoms with Gasteiger partial charge in [-0.05, 0) is 30.5 Å². The van der Waals surface area contributed by atoms with Gasteiger partial charge in [-0.25, -0.2) is 0 Å². The molecule has 0 saturated heterocycles. The Bertz CT molecular complexity index is 251. The van der Waals surface area contributed by atoms with E-state index in [4.69, 9.17) is 4.74 Å². The molecule has 1 aromatic rings. The van der Waals surface area contributed by atoms with Crippen LogP contribution in [0.5, 0.6) is 5.75 Å². The van der Waals surface area contributed by atoms with Gasteiger partial charge >= 0.3 is 0 Å². The van der Waals surface area contributed by atoms with Crippen LogP contribution in [0.1, 0.15) is 45.1 Å². The van der Waals surface area contributed by atoms with E-state index in [0.717, 1.165) is 18.8 Å². The van der Waals surface area contributed by atoms with Crippen molar-refractivity contribution in [3.63, 3.8) is 0 Å². The molecular formula is C14H22O. The van der Waals surface area contributed by atoms with E-state index in [1.165, 1.54) is 31.2 Å². The van der Waals surface area contributed by atoms with E-state index in [2.05, 4.69) is 38.1 Å². The van der Waals surface area contributed by atoms with Crippen molar-refractivity contribution in [3.05, 3.63) is 29.8 Å². The third-order valence-corrected chi connectivity index (χ3v) is 2.60. The summed E-state index contributed by atoms with van der Waals surface area (Å²) >= 11 is 0. The normalized spacial score (nSPS) is 10.3. The SMILES string of the molecule is CCCCCCOc1ccc(CC)cc1. The third kappa shape index (κ3) is 4.87. The molecule has 0 aliphatic heterocycles. The lowest BCUT2D eigenvalue weighted by atomic mass is 10.2. The maximum Gasteiger partial charge on any atom is 0.119 e. The zero-order chi connectivity index (χ0) is 10.9. The monoisotopic (exact) mass is 206 g/mol. The molecule has 0 bridgehead atoms. The molecule has 0 atom stereocenters. The minimum Gasteiger partial charge on any atom is -0.494 e. The van der Waals surface area contributed by atoms with Gasteiger partial charge in [0.25, 0.3) is 0 Å². The van der Waals surface area contributed by atoms with Gasteiger partial charge in [0.15, 0.2) is 0 Å². The van der Waals surface area contributed by atoms with E-state index >= 15 is 0 Å². The van der Waals surface area contributed by atoms with E-state index in [1.807, 2.05) is 0 Å². The summed E-state index contributed by atoms with van der Waals surface area (Å²) in [5, 5.41) is 0. The molecule has 0 aliphatic rings. The van der Waals surface area contributed by atoms with Crippen LogP contribution in [-0.2, 0) is 6.42 Å². The standard InChI is InChI=1S/C14H22O/c1-3-5-6-7-12-15-14-10-8-13(4-2)9-11-14/h8-11H,3-7,12H2,1-2H3. The van der Waals surface area contributed by atoms with Gasteiger partial charge in [0.1, 0.15) is 5.75 Å². The van der Waals surface area contributed by atoms with Crippen molar-refractivity contribution < 1.29 is 4.74 Å². The highest BCUT2D eigenvalue weighted by molar-refractivity contribution is 5.27. The van der Waals surface area contributed by atoms with Gasteiger partial charge in [-0.15, -0.1) is 0 Å². The predicted molar refractivity (Wildman–Crippen MR) is 65.5 cm³/mol. The second-order valence-electron chi connectivity index (χ2n) is 3.91. The fourth-order valence-electron chi connectivity index (χ4n) is 1.54. The second-order valence-corrected chi connectivity index (χ2v) is 3.91. The van der Waals surface area contributed by atoms with Gasteiger partial charge in [-0.2, -0.15) is 0 Å². The zero-order valence-electron chi connectivity index (χ0n) is 9.96. The highest BCUT2D eigenvalue weighted by atomic mass is 16.5. The fourth-order valence-corrected chi connectivity index (χ4v) is 1.54.